The topological polar surface area (TPSA) is 51.0 Å². The van der Waals surface area contributed by atoms with Gasteiger partial charge >= 0.3 is 0 Å². The highest BCUT2D eigenvalue weighted by molar-refractivity contribution is 7.22. The summed E-state index contributed by atoms with van der Waals surface area (Å²) in [7, 11) is 0. The van der Waals surface area contributed by atoms with Crippen LogP contribution in [-0.4, -0.2) is 27.2 Å². The summed E-state index contributed by atoms with van der Waals surface area (Å²) in [6.07, 6.45) is 3.20. The van der Waals surface area contributed by atoms with Crippen LogP contribution in [0.1, 0.15) is 16.3 Å². The second-order valence-corrected chi connectivity index (χ2v) is 8.71. The molecule has 0 N–H and O–H groups in total. The molecule has 0 fully saturated rings. The summed E-state index contributed by atoms with van der Waals surface area (Å²) >= 11 is 2.60. The van der Waals surface area contributed by atoms with Crippen molar-refractivity contribution < 1.29 is 13.6 Å². The molecule has 9 heteroatoms. The number of nitrogens with zero attached hydrogens (tertiary/aromatic N) is 4. The standard InChI is InChI=1S/C21H18F2N4OS2/c1-13-10-14(2)27(25-13)8-7-26(19(28)6-5-16-4-3-9-29-16)21-24-20-17(23)11-15(22)12-18(20)30-21/h3-6,9-12H,7-8H2,1-2H3/b6-5+. The first-order chi connectivity index (χ1) is 14.4. The van der Waals surface area contributed by atoms with E-state index in [1.807, 2.05) is 42.1 Å². The molecule has 0 saturated heterocycles. The van der Waals surface area contributed by atoms with E-state index in [9.17, 15) is 13.6 Å². The molecule has 0 atom stereocenters. The Balaban J connectivity index is 1.66. The maximum absolute atomic E-state index is 14.1. The van der Waals surface area contributed by atoms with Gasteiger partial charge in [0, 0.05) is 29.3 Å². The fourth-order valence-electron chi connectivity index (χ4n) is 3.09. The van der Waals surface area contributed by atoms with E-state index in [1.165, 1.54) is 28.4 Å². The number of thiophene rings is 1. The van der Waals surface area contributed by atoms with E-state index in [1.54, 1.807) is 6.08 Å². The van der Waals surface area contributed by atoms with Crippen molar-refractivity contribution in [1.29, 1.82) is 0 Å². The number of hydrogen-bond donors (Lipinski definition) is 0. The summed E-state index contributed by atoms with van der Waals surface area (Å²) in [6, 6.07) is 7.79. The van der Waals surface area contributed by atoms with Crippen LogP contribution in [0.5, 0.6) is 0 Å². The third-order valence-electron chi connectivity index (χ3n) is 4.47. The maximum Gasteiger partial charge on any atom is 0.252 e. The van der Waals surface area contributed by atoms with Gasteiger partial charge in [-0.15, -0.1) is 11.3 Å². The zero-order valence-corrected chi connectivity index (χ0v) is 17.9. The molecule has 0 aliphatic carbocycles. The Morgan fingerprint density at radius 1 is 1.27 bits per heavy atom. The maximum atomic E-state index is 14.1. The monoisotopic (exact) mass is 444 g/mol. The fraction of sp³-hybridized carbons (Fsp3) is 0.190. The number of halogens is 2. The Morgan fingerprint density at radius 2 is 2.10 bits per heavy atom. The van der Waals surface area contributed by atoms with Gasteiger partial charge in [-0.3, -0.25) is 14.4 Å². The number of thiazole rings is 1. The average Bonchev–Trinajstić information content (AvgIpc) is 3.41. The van der Waals surface area contributed by atoms with Crippen molar-refractivity contribution in [2.24, 2.45) is 0 Å². The van der Waals surface area contributed by atoms with Gasteiger partial charge in [0.1, 0.15) is 11.3 Å². The van der Waals surface area contributed by atoms with Crippen LogP contribution >= 0.6 is 22.7 Å². The largest absolute Gasteiger partial charge is 0.283 e. The lowest BCUT2D eigenvalue weighted by Crippen LogP contribution is -2.33. The van der Waals surface area contributed by atoms with E-state index in [0.717, 1.165) is 33.7 Å². The average molecular weight is 445 g/mol. The number of fused-ring (bicyclic) bond motifs is 1. The predicted molar refractivity (Wildman–Crippen MR) is 117 cm³/mol. The third kappa shape index (κ3) is 4.31. The molecule has 0 aliphatic rings. The number of amides is 1. The number of carbonyl (C=O) groups is 1. The van der Waals surface area contributed by atoms with Gasteiger partial charge in [0.15, 0.2) is 10.9 Å². The molecule has 1 amide bonds. The van der Waals surface area contributed by atoms with Crippen LogP contribution in [0.4, 0.5) is 13.9 Å². The van der Waals surface area contributed by atoms with Gasteiger partial charge in [-0.1, -0.05) is 17.4 Å². The highest BCUT2D eigenvalue weighted by Crippen LogP contribution is 2.31. The first-order valence-corrected chi connectivity index (χ1v) is 10.9. The molecule has 0 saturated carbocycles. The number of hydrogen-bond acceptors (Lipinski definition) is 5. The minimum Gasteiger partial charge on any atom is -0.283 e. The molecule has 4 aromatic rings. The highest BCUT2D eigenvalue weighted by Gasteiger charge is 2.20. The first kappa shape index (κ1) is 20.4. The predicted octanol–water partition coefficient (Wildman–Crippen LogP) is 5.20. The van der Waals surface area contributed by atoms with Crippen LogP contribution in [0.25, 0.3) is 16.3 Å². The lowest BCUT2D eigenvalue weighted by molar-refractivity contribution is -0.114. The molecule has 3 heterocycles. The van der Waals surface area contributed by atoms with Crippen LogP contribution in [0, 0.1) is 25.5 Å². The van der Waals surface area contributed by atoms with Crippen molar-refractivity contribution in [3.63, 3.8) is 0 Å². The molecule has 1 aromatic carbocycles. The second kappa shape index (κ2) is 8.45. The van der Waals surface area contributed by atoms with Gasteiger partial charge < -0.3 is 0 Å². The molecule has 30 heavy (non-hydrogen) atoms. The number of carbonyl (C=O) groups excluding carboxylic acids is 1. The van der Waals surface area contributed by atoms with Crippen LogP contribution in [0.3, 0.4) is 0 Å². The normalized spacial score (nSPS) is 11.6. The van der Waals surface area contributed by atoms with Gasteiger partial charge in [-0.2, -0.15) is 5.10 Å². The quantitative estimate of drug-likeness (QED) is 0.384. The highest BCUT2D eigenvalue weighted by atomic mass is 32.1. The second-order valence-electron chi connectivity index (χ2n) is 6.72. The van der Waals surface area contributed by atoms with Gasteiger partial charge in [0.25, 0.3) is 5.91 Å². The molecular weight excluding hydrogens is 426 g/mol. The lowest BCUT2D eigenvalue weighted by atomic mass is 10.3. The van der Waals surface area contributed by atoms with E-state index >= 15 is 0 Å². The van der Waals surface area contributed by atoms with E-state index in [2.05, 4.69) is 10.1 Å². The number of aromatic nitrogens is 3. The Kier molecular flexibility index (Phi) is 5.74. The Bertz CT molecular complexity index is 1230. The van der Waals surface area contributed by atoms with E-state index in [0.29, 0.717) is 22.9 Å². The minimum atomic E-state index is -0.743. The summed E-state index contributed by atoms with van der Waals surface area (Å²) in [5.74, 6) is -1.70. The first-order valence-electron chi connectivity index (χ1n) is 9.20. The number of rotatable bonds is 6. The van der Waals surface area contributed by atoms with Crippen molar-refractivity contribution in [3.8, 4) is 0 Å². The summed E-state index contributed by atoms with van der Waals surface area (Å²) in [4.78, 5) is 19.7. The van der Waals surface area contributed by atoms with Gasteiger partial charge in [-0.05, 0) is 43.5 Å². The van der Waals surface area contributed by atoms with E-state index in [4.69, 9.17) is 0 Å². The van der Waals surface area contributed by atoms with Crippen molar-refractivity contribution in [2.75, 3.05) is 11.4 Å². The molecule has 0 bridgehead atoms. The van der Waals surface area contributed by atoms with E-state index < -0.39 is 11.6 Å². The molecule has 0 spiro atoms. The molecule has 4 rings (SSSR count). The zero-order chi connectivity index (χ0) is 21.3. The number of anilines is 1. The Hall–Kier alpha value is -2.91. The Morgan fingerprint density at radius 3 is 2.80 bits per heavy atom. The van der Waals surface area contributed by atoms with Crippen molar-refractivity contribution in [1.82, 2.24) is 14.8 Å². The van der Waals surface area contributed by atoms with Gasteiger partial charge in [0.2, 0.25) is 0 Å². The fourth-order valence-corrected chi connectivity index (χ4v) is 4.74. The van der Waals surface area contributed by atoms with Crippen LogP contribution in [-0.2, 0) is 11.3 Å². The molecule has 0 aliphatic heterocycles. The van der Waals surface area contributed by atoms with Crippen LogP contribution in [0.15, 0.2) is 41.8 Å². The van der Waals surface area contributed by atoms with E-state index in [-0.39, 0.29) is 11.4 Å². The lowest BCUT2D eigenvalue weighted by Gasteiger charge is -2.18. The molecular formula is C21H18F2N4OS2. The van der Waals surface area contributed by atoms with Crippen molar-refractivity contribution in [2.45, 2.75) is 20.4 Å². The number of aryl methyl sites for hydroxylation is 2. The summed E-state index contributed by atoms with van der Waals surface area (Å²) in [6.45, 7) is 4.59. The smallest absolute Gasteiger partial charge is 0.252 e. The van der Waals surface area contributed by atoms with Crippen molar-refractivity contribution in [3.05, 3.63) is 69.7 Å². The molecule has 3 aromatic heterocycles. The van der Waals surface area contributed by atoms with Crippen molar-refractivity contribution >= 4 is 50.0 Å². The summed E-state index contributed by atoms with van der Waals surface area (Å²) < 4.78 is 29.9. The van der Waals surface area contributed by atoms with Crippen LogP contribution < -0.4 is 4.90 Å². The van der Waals surface area contributed by atoms with Gasteiger partial charge in [-0.25, -0.2) is 13.8 Å². The summed E-state index contributed by atoms with van der Waals surface area (Å²) in [5.41, 5.74) is 1.93. The minimum absolute atomic E-state index is 0.0579. The molecule has 154 valence electrons. The zero-order valence-electron chi connectivity index (χ0n) is 16.3. The van der Waals surface area contributed by atoms with Crippen LogP contribution in [0.2, 0.25) is 0 Å². The third-order valence-corrected chi connectivity index (χ3v) is 6.33. The SMILES string of the molecule is Cc1cc(C)n(CCN(C(=O)/C=C/c2cccs2)c2nc3c(F)cc(F)cc3s2)n1. The van der Waals surface area contributed by atoms with Gasteiger partial charge in [0.05, 0.1) is 16.9 Å². The Labute approximate surface area is 179 Å². The molecule has 5 nitrogen and oxygen atoms in total. The summed E-state index contributed by atoms with van der Waals surface area (Å²) in [5, 5.41) is 6.67. The molecule has 0 radical (unpaired) electrons. The molecule has 0 unspecified atom stereocenters. The number of benzene rings is 1.